The molecule has 9 nitrogen and oxygen atoms in total. The molecule has 1 aliphatic rings. The fourth-order valence-corrected chi connectivity index (χ4v) is 3.83. The van der Waals surface area contributed by atoms with Gasteiger partial charge in [-0.25, -0.2) is 0 Å². The standard InChI is InChI=1S/C23H29N3O4.CH2O2/c1-26-14-12-18(15-21(26)27)23(29)25-19-9-7-17(8-10-19)22(28)24-13-11-16-5-3-4-6-20(16)30-2;2-1-3/h3-6,12,14-15,17,19H,7-11,13H2,1-2H3,(H,24,28)(H,25,29);1H,(H,2,3). The van der Waals surface area contributed by atoms with E-state index in [4.69, 9.17) is 14.6 Å². The van der Waals surface area contributed by atoms with Gasteiger partial charge in [0.05, 0.1) is 7.11 Å². The molecular formula is C24H31N3O6. The average molecular weight is 458 g/mol. The number of nitrogens with zero attached hydrogens (tertiary/aromatic N) is 1. The molecule has 0 radical (unpaired) electrons. The van der Waals surface area contributed by atoms with Gasteiger partial charge in [0.1, 0.15) is 5.75 Å². The summed E-state index contributed by atoms with van der Waals surface area (Å²) in [5.41, 5.74) is 1.23. The van der Waals surface area contributed by atoms with E-state index in [0.717, 1.165) is 43.4 Å². The van der Waals surface area contributed by atoms with Crippen LogP contribution >= 0.6 is 0 Å². The molecule has 0 bridgehead atoms. The molecule has 1 aliphatic carbocycles. The summed E-state index contributed by atoms with van der Waals surface area (Å²) in [6, 6.07) is 10.8. The zero-order valence-electron chi connectivity index (χ0n) is 19.0. The molecule has 2 aromatic rings. The van der Waals surface area contributed by atoms with Gasteiger partial charge < -0.3 is 25.0 Å². The van der Waals surface area contributed by atoms with E-state index in [9.17, 15) is 14.4 Å². The third kappa shape index (κ3) is 7.78. The molecule has 178 valence electrons. The molecular weight excluding hydrogens is 426 g/mol. The van der Waals surface area contributed by atoms with Crippen LogP contribution in [0.1, 0.15) is 41.6 Å². The van der Waals surface area contributed by atoms with Gasteiger partial charge >= 0.3 is 0 Å². The lowest BCUT2D eigenvalue weighted by molar-refractivity contribution is -0.126. The van der Waals surface area contributed by atoms with Crippen LogP contribution in [0.3, 0.4) is 0 Å². The molecule has 1 fully saturated rings. The molecule has 1 saturated carbocycles. The van der Waals surface area contributed by atoms with Crippen LogP contribution in [0.5, 0.6) is 5.75 Å². The highest BCUT2D eigenvalue weighted by atomic mass is 16.5. The van der Waals surface area contributed by atoms with Crippen LogP contribution in [0.25, 0.3) is 0 Å². The molecule has 1 aromatic heterocycles. The maximum atomic E-state index is 12.5. The second-order valence-electron chi connectivity index (χ2n) is 7.84. The first-order chi connectivity index (χ1) is 15.9. The minimum atomic E-state index is -0.250. The van der Waals surface area contributed by atoms with E-state index in [0.29, 0.717) is 12.1 Å². The lowest BCUT2D eigenvalue weighted by Crippen LogP contribution is -2.41. The number of ether oxygens (including phenoxy) is 1. The van der Waals surface area contributed by atoms with E-state index < -0.39 is 0 Å². The second-order valence-corrected chi connectivity index (χ2v) is 7.84. The summed E-state index contributed by atoms with van der Waals surface area (Å²) >= 11 is 0. The number of methoxy groups -OCH3 is 1. The number of nitrogens with one attached hydrogen (secondary N) is 2. The monoisotopic (exact) mass is 457 g/mol. The molecule has 33 heavy (non-hydrogen) atoms. The summed E-state index contributed by atoms with van der Waals surface area (Å²) in [6.45, 7) is 0.318. The minimum absolute atomic E-state index is 0.0270. The number of hydrogen-bond acceptors (Lipinski definition) is 5. The number of carbonyl (C=O) groups excluding carboxylic acids is 2. The molecule has 0 atom stereocenters. The topological polar surface area (TPSA) is 127 Å². The van der Waals surface area contributed by atoms with Gasteiger partial charge in [0, 0.05) is 43.4 Å². The molecule has 3 N–H and O–H groups in total. The maximum absolute atomic E-state index is 12.5. The van der Waals surface area contributed by atoms with E-state index in [1.54, 1.807) is 26.4 Å². The van der Waals surface area contributed by atoms with Crippen molar-refractivity contribution in [2.24, 2.45) is 13.0 Å². The first-order valence-electron chi connectivity index (χ1n) is 10.8. The Morgan fingerprint density at radius 2 is 1.85 bits per heavy atom. The van der Waals surface area contributed by atoms with E-state index >= 15 is 0 Å². The number of carboxylic acid groups (broad SMARTS) is 1. The Kier molecular flexibility index (Phi) is 10.1. The van der Waals surface area contributed by atoms with E-state index in [1.807, 2.05) is 24.3 Å². The Morgan fingerprint density at radius 1 is 1.18 bits per heavy atom. The van der Waals surface area contributed by atoms with Crippen LogP contribution in [0.15, 0.2) is 47.4 Å². The van der Waals surface area contributed by atoms with Gasteiger partial charge in [-0.2, -0.15) is 0 Å². The Labute approximate surface area is 192 Å². The van der Waals surface area contributed by atoms with Gasteiger partial charge in [0.15, 0.2) is 0 Å². The van der Waals surface area contributed by atoms with Crippen molar-refractivity contribution in [1.82, 2.24) is 15.2 Å². The maximum Gasteiger partial charge on any atom is 0.290 e. The van der Waals surface area contributed by atoms with E-state index in [1.165, 1.54) is 10.6 Å². The quantitative estimate of drug-likeness (QED) is 0.544. The summed E-state index contributed by atoms with van der Waals surface area (Å²) in [6.07, 6.45) is 5.29. The normalized spacial score (nSPS) is 17.2. The van der Waals surface area contributed by atoms with Crippen molar-refractivity contribution in [3.63, 3.8) is 0 Å². The smallest absolute Gasteiger partial charge is 0.290 e. The fraction of sp³-hybridized carbons (Fsp3) is 0.417. The fourth-order valence-electron chi connectivity index (χ4n) is 3.83. The first-order valence-corrected chi connectivity index (χ1v) is 10.8. The Balaban J connectivity index is 0.00000122. The Bertz CT molecular complexity index is 996. The van der Waals surface area contributed by atoms with Crippen molar-refractivity contribution >= 4 is 18.3 Å². The van der Waals surface area contributed by atoms with Gasteiger partial charge in [-0.1, -0.05) is 18.2 Å². The highest BCUT2D eigenvalue weighted by Crippen LogP contribution is 2.25. The number of amides is 2. The summed E-state index contributed by atoms with van der Waals surface area (Å²) < 4.78 is 6.77. The predicted molar refractivity (Wildman–Crippen MR) is 123 cm³/mol. The van der Waals surface area contributed by atoms with Crippen molar-refractivity contribution in [3.05, 3.63) is 64.1 Å². The summed E-state index contributed by atoms with van der Waals surface area (Å²) in [7, 11) is 3.29. The number of benzene rings is 1. The molecule has 2 amide bonds. The van der Waals surface area contributed by atoms with Crippen molar-refractivity contribution in [1.29, 1.82) is 0 Å². The van der Waals surface area contributed by atoms with Crippen molar-refractivity contribution in [3.8, 4) is 5.75 Å². The van der Waals surface area contributed by atoms with E-state index in [2.05, 4.69) is 10.6 Å². The molecule has 0 saturated heterocycles. The summed E-state index contributed by atoms with van der Waals surface area (Å²) in [4.78, 5) is 44.9. The lowest BCUT2D eigenvalue weighted by atomic mass is 9.85. The number of aryl methyl sites for hydroxylation is 1. The molecule has 0 aliphatic heterocycles. The second kappa shape index (κ2) is 13.0. The number of hydrogen-bond donors (Lipinski definition) is 3. The zero-order valence-corrected chi connectivity index (χ0v) is 19.0. The van der Waals surface area contributed by atoms with Crippen LogP contribution in [0, 0.1) is 5.92 Å². The lowest BCUT2D eigenvalue weighted by Gasteiger charge is -2.28. The third-order valence-corrected chi connectivity index (χ3v) is 5.69. The van der Waals surface area contributed by atoms with Crippen molar-refractivity contribution < 1.29 is 24.2 Å². The minimum Gasteiger partial charge on any atom is -0.496 e. The largest absolute Gasteiger partial charge is 0.496 e. The van der Waals surface area contributed by atoms with Crippen molar-refractivity contribution in [2.75, 3.05) is 13.7 Å². The van der Waals surface area contributed by atoms with Gasteiger partial charge in [0.25, 0.3) is 17.9 Å². The summed E-state index contributed by atoms with van der Waals surface area (Å²) in [5, 5.41) is 12.9. The number of carbonyl (C=O) groups is 3. The van der Waals surface area contributed by atoms with E-state index in [-0.39, 0.29) is 35.8 Å². The van der Waals surface area contributed by atoms with Crippen LogP contribution < -0.4 is 20.9 Å². The SMILES string of the molecule is COc1ccccc1CCNC(=O)C1CCC(NC(=O)c2ccn(C)c(=O)c2)CC1.O=CO. The van der Waals surface area contributed by atoms with Gasteiger partial charge in [-0.15, -0.1) is 0 Å². The van der Waals surface area contributed by atoms with Crippen LogP contribution in [-0.4, -0.2) is 47.7 Å². The molecule has 0 unspecified atom stereocenters. The van der Waals surface area contributed by atoms with Crippen LogP contribution in [0.4, 0.5) is 0 Å². The van der Waals surface area contributed by atoms with Gasteiger partial charge in [-0.3, -0.25) is 19.2 Å². The molecule has 1 aromatic carbocycles. The summed E-state index contributed by atoms with van der Waals surface area (Å²) in [5.74, 6) is 0.637. The number of pyridine rings is 1. The highest BCUT2D eigenvalue weighted by molar-refractivity contribution is 5.94. The molecule has 0 spiro atoms. The van der Waals surface area contributed by atoms with Crippen LogP contribution in [-0.2, 0) is 23.1 Å². The van der Waals surface area contributed by atoms with Crippen molar-refractivity contribution in [2.45, 2.75) is 38.1 Å². The first kappa shape index (κ1) is 25.6. The Hall–Kier alpha value is -3.62. The Morgan fingerprint density at radius 3 is 2.48 bits per heavy atom. The number of rotatable bonds is 7. The predicted octanol–water partition coefficient (Wildman–Crippen LogP) is 1.74. The zero-order chi connectivity index (χ0) is 24.2. The molecule has 3 rings (SSSR count). The van der Waals surface area contributed by atoms with Gasteiger partial charge in [-0.05, 0) is 49.8 Å². The average Bonchev–Trinajstić information content (AvgIpc) is 2.82. The highest BCUT2D eigenvalue weighted by Gasteiger charge is 2.27. The van der Waals surface area contributed by atoms with Gasteiger partial charge in [0.2, 0.25) is 5.91 Å². The third-order valence-electron chi connectivity index (χ3n) is 5.69. The molecule has 9 heteroatoms. The van der Waals surface area contributed by atoms with Crippen LogP contribution in [0.2, 0.25) is 0 Å². The number of para-hydroxylation sites is 1. The molecule has 1 heterocycles. The number of aromatic nitrogens is 1.